The second kappa shape index (κ2) is 6.52. The number of guanidine groups is 1. The van der Waals surface area contributed by atoms with Crippen molar-refractivity contribution in [1.82, 2.24) is 25.9 Å². The fraction of sp³-hybridized carbons (Fsp3) is 0.533. The first kappa shape index (κ1) is 16.3. The molecule has 9 nitrogen and oxygen atoms in total. The number of carbonyl (C=O) groups is 1. The second-order valence-electron chi connectivity index (χ2n) is 6.61. The van der Waals surface area contributed by atoms with Crippen LogP contribution in [0.5, 0.6) is 0 Å². The highest BCUT2D eigenvalue weighted by atomic mass is 16.6. The highest BCUT2D eigenvalue weighted by molar-refractivity contribution is 5.95. The molecule has 2 aliphatic heterocycles. The molecule has 1 aromatic heterocycles. The number of ether oxygens (including phenoxy) is 1. The number of piperazine rings is 1. The van der Waals surface area contributed by atoms with Crippen molar-refractivity contribution in [3.05, 3.63) is 24.4 Å². The van der Waals surface area contributed by atoms with E-state index in [0.717, 1.165) is 11.8 Å². The summed E-state index contributed by atoms with van der Waals surface area (Å²) in [5.74, 6) is 1.48. The first-order valence-corrected chi connectivity index (χ1v) is 7.96. The zero-order valence-electron chi connectivity index (χ0n) is 14.2. The molecule has 2 N–H and O–H groups in total. The Kier molecular flexibility index (Phi) is 4.43. The molecule has 0 radical (unpaired) electrons. The van der Waals surface area contributed by atoms with Crippen LogP contribution in [0.15, 0.2) is 29.5 Å². The minimum atomic E-state index is -0.479. The van der Waals surface area contributed by atoms with Crippen LogP contribution >= 0.6 is 0 Å². The van der Waals surface area contributed by atoms with Gasteiger partial charge in [0.2, 0.25) is 5.96 Å². The van der Waals surface area contributed by atoms with Gasteiger partial charge in [0.05, 0.1) is 0 Å². The zero-order chi connectivity index (χ0) is 17.2. The Hall–Kier alpha value is -2.55. The molecule has 1 saturated heterocycles. The quantitative estimate of drug-likeness (QED) is 0.784. The molecule has 3 heterocycles. The highest BCUT2D eigenvalue weighted by Gasteiger charge is 2.31. The number of nitrogens with zero attached hydrogens (tertiary/aromatic N) is 5. The fourth-order valence-corrected chi connectivity index (χ4v) is 2.50. The van der Waals surface area contributed by atoms with E-state index in [-0.39, 0.29) is 6.09 Å². The molecule has 0 aromatic carbocycles. The molecule has 2 aliphatic rings. The normalized spacial score (nSPS) is 18.3. The van der Waals surface area contributed by atoms with Crippen LogP contribution in [0, 0.1) is 0 Å². The summed E-state index contributed by atoms with van der Waals surface area (Å²) in [6, 6.07) is 5.68. The number of hydrogen-bond donors (Lipinski definition) is 2. The molecule has 0 bridgehead atoms. The third-order valence-corrected chi connectivity index (χ3v) is 3.61. The van der Waals surface area contributed by atoms with Crippen molar-refractivity contribution in [2.75, 3.05) is 31.2 Å². The third-order valence-electron chi connectivity index (χ3n) is 3.61. The zero-order valence-corrected chi connectivity index (χ0v) is 14.2. The van der Waals surface area contributed by atoms with Crippen LogP contribution in [0.25, 0.3) is 0 Å². The maximum Gasteiger partial charge on any atom is 0.410 e. The van der Waals surface area contributed by atoms with Crippen molar-refractivity contribution in [3.63, 3.8) is 0 Å². The lowest BCUT2D eigenvalue weighted by molar-refractivity contribution is 0.0186. The number of aromatic nitrogens is 1. The number of amides is 1. The van der Waals surface area contributed by atoms with Gasteiger partial charge in [-0.25, -0.2) is 20.3 Å². The van der Waals surface area contributed by atoms with Gasteiger partial charge < -0.3 is 14.5 Å². The summed E-state index contributed by atoms with van der Waals surface area (Å²) in [5.41, 5.74) is 5.24. The number of anilines is 1. The van der Waals surface area contributed by atoms with Crippen molar-refractivity contribution >= 4 is 17.9 Å². The summed E-state index contributed by atoms with van der Waals surface area (Å²) in [4.78, 5) is 20.3. The lowest BCUT2D eigenvalue weighted by Crippen LogP contribution is -2.56. The topological polar surface area (TPSA) is 85.3 Å². The molecule has 24 heavy (non-hydrogen) atoms. The monoisotopic (exact) mass is 333 g/mol. The number of hydrazone groups is 1. The van der Waals surface area contributed by atoms with E-state index in [1.165, 1.54) is 0 Å². The van der Waals surface area contributed by atoms with Crippen LogP contribution in [0.1, 0.15) is 20.8 Å². The van der Waals surface area contributed by atoms with Crippen molar-refractivity contribution in [1.29, 1.82) is 0 Å². The standard InChI is InChI=1S/C15H23N7O2/c1-15(2,3)24-14(23)21-10-8-20(9-11-21)13-17-18-19-22(13)12-6-4-5-7-16-12/h4-7,18-19H,8-11H2,1-3H3. The average molecular weight is 333 g/mol. The molecule has 0 aliphatic carbocycles. The van der Waals surface area contributed by atoms with Crippen molar-refractivity contribution in [2.24, 2.45) is 5.10 Å². The van der Waals surface area contributed by atoms with Gasteiger partial charge in [-0.2, -0.15) is 0 Å². The highest BCUT2D eigenvalue weighted by Crippen LogP contribution is 2.15. The number of carbonyl (C=O) groups excluding carboxylic acids is 1. The molecule has 1 fully saturated rings. The molecule has 0 saturated carbocycles. The van der Waals surface area contributed by atoms with Gasteiger partial charge in [-0.1, -0.05) is 6.07 Å². The summed E-state index contributed by atoms with van der Waals surface area (Å²) < 4.78 is 5.42. The van der Waals surface area contributed by atoms with E-state index >= 15 is 0 Å². The minimum absolute atomic E-state index is 0.270. The average Bonchev–Trinajstić information content (AvgIpc) is 3.04. The van der Waals surface area contributed by atoms with Crippen LogP contribution in [0.4, 0.5) is 10.6 Å². The predicted octanol–water partition coefficient (Wildman–Crippen LogP) is 0.735. The van der Waals surface area contributed by atoms with E-state index in [4.69, 9.17) is 4.74 Å². The van der Waals surface area contributed by atoms with Crippen molar-refractivity contribution < 1.29 is 9.53 Å². The largest absolute Gasteiger partial charge is 0.444 e. The van der Waals surface area contributed by atoms with E-state index in [0.29, 0.717) is 26.2 Å². The van der Waals surface area contributed by atoms with E-state index < -0.39 is 5.60 Å². The molecule has 9 heteroatoms. The van der Waals surface area contributed by atoms with Crippen molar-refractivity contribution in [2.45, 2.75) is 26.4 Å². The summed E-state index contributed by atoms with van der Waals surface area (Å²) in [7, 11) is 0. The van der Waals surface area contributed by atoms with Crippen LogP contribution < -0.4 is 16.1 Å². The summed E-state index contributed by atoms with van der Waals surface area (Å²) >= 11 is 0. The molecule has 1 amide bonds. The van der Waals surface area contributed by atoms with Crippen LogP contribution in [0.2, 0.25) is 0 Å². The Morgan fingerprint density at radius 3 is 2.58 bits per heavy atom. The van der Waals surface area contributed by atoms with Gasteiger partial charge in [-0.15, -0.1) is 10.6 Å². The maximum absolute atomic E-state index is 12.1. The SMILES string of the molecule is CC(C)(C)OC(=O)N1CCN(C2=NNNN2c2ccccn2)CC1. The predicted molar refractivity (Wildman–Crippen MR) is 89.8 cm³/mol. The molecule has 0 unspecified atom stereocenters. The van der Waals surface area contributed by atoms with Gasteiger partial charge >= 0.3 is 6.09 Å². The molecule has 1 aromatic rings. The van der Waals surface area contributed by atoms with Gasteiger partial charge in [0, 0.05) is 32.4 Å². The van der Waals surface area contributed by atoms with Crippen LogP contribution in [-0.2, 0) is 4.74 Å². The van der Waals surface area contributed by atoms with E-state index in [1.54, 1.807) is 16.1 Å². The Labute approximate surface area is 141 Å². The first-order chi connectivity index (χ1) is 11.4. The number of hydrazine groups is 2. The van der Waals surface area contributed by atoms with E-state index in [9.17, 15) is 4.79 Å². The first-order valence-electron chi connectivity index (χ1n) is 7.96. The van der Waals surface area contributed by atoms with Crippen molar-refractivity contribution in [3.8, 4) is 0 Å². The van der Waals surface area contributed by atoms with Gasteiger partial charge in [0.25, 0.3) is 0 Å². The Bertz CT molecular complexity index is 606. The number of pyridine rings is 1. The number of hydrogen-bond acceptors (Lipinski definition) is 8. The Morgan fingerprint density at radius 2 is 1.96 bits per heavy atom. The Morgan fingerprint density at radius 1 is 1.21 bits per heavy atom. The summed E-state index contributed by atoms with van der Waals surface area (Å²) in [6.45, 7) is 8.13. The summed E-state index contributed by atoms with van der Waals surface area (Å²) in [5, 5.41) is 6.06. The summed E-state index contributed by atoms with van der Waals surface area (Å²) in [6.07, 6.45) is 1.46. The molecular formula is C15H23N7O2. The molecule has 3 rings (SSSR count). The van der Waals surface area contributed by atoms with Crippen LogP contribution in [-0.4, -0.2) is 58.6 Å². The third kappa shape index (κ3) is 3.67. The Balaban J connectivity index is 1.59. The van der Waals surface area contributed by atoms with Crippen LogP contribution in [0.3, 0.4) is 0 Å². The maximum atomic E-state index is 12.1. The number of rotatable bonds is 1. The number of nitrogens with one attached hydrogen (secondary N) is 2. The van der Waals surface area contributed by atoms with E-state index in [1.807, 2.05) is 39.0 Å². The molecule has 130 valence electrons. The lowest BCUT2D eigenvalue weighted by Gasteiger charge is -2.37. The molecule has 0 atom stereocenters. The minimum Gasteiger partial charge on any atom is -0.444 e. The lowest BCUT2D eigenvalue weighted by atomic mass is 10.2. The molecule has 0 spiro atoms. The van der Waals surface area contributed by atoms with Gasteiger partial charge in [-0.3, -0.25) is 0 Å². The second-order valence-corrected chi connectivity index (χ2v) is 6.61. The van der Waals surface area contributed by atoms with E-state index in [2.05, 4.69) is 26.1 Å². The molecular weight excluding hydrogens is 310 g/mol. The fourth-order valence-electron chi connectivity index (χ4n) is 2.50. The van der Waals surface area contributed by atoms with Gasteiger partial charge in [-0.05, 0) is 32.9 Å². The smallest absolute Gasteiger partial charge is 0.410 e. The van der Waals surface area contributed by atoms with Gasteiger partial charge in [0.15, 0.2) is 5.82 Å². The van der Waals surface area contributed by atoms with Gasteiger partial charge in [0.1, 0.15) is 5.60 Å².